The first-order valence-corrected chi connectivity index (χ1v) is 5.75. The van der Waals surface area contributed by atoms with Crippen LogP contribution < -0.4 is 22.9 Å². The summed E-state index contributed by atoms with van der Waals surface area (Å²) in [5.41, 5.74) is 25.2. The SMILES string of the molecule is NCc1cccc(CN)c1.Nc1ccccc1N. The average Bonchev–Trinajstić information content (AvgIpc) is 2.43. The molecule has 0 aliphatic carbocycles. The van der Waals surface area contributed by atoms with Crippen molar-refractivity contribution in [1.82, 2.24) is 0 Å². The summed E-state index contributed by atoms with van der Waals surface area (Å²) in [6, 6.07) is 15.3. The van der Waals surface area contributed by atoms with Crippen molar-refractivity contribution in [3.63, 3.8) is 0 Å². The predicted octanol–water partition coefficient (Wildman–Crippen LogP) is 1.45. The molecule has 18 heavy (non-hydrogen) atoms. The Hall–Kier alpha value is -2.04. The molecule has 2 aromatic rings. The van der Waals surface area contributed by atoms with Crippen LogP contribution in [0.4, 0.5) is 11.4 Å². The van der Waals surface area contributed by atoms with Gasteiger partial charge in [0.2, 0.25) is 0 Å². The predicted molar refractivity (Wildman–Crippen MR) is 77.5 cm³/mol. The molecule has 2 aromatic carbocycles. The van der Waals surface area contributed by atoms with Crippen LogP contribution in [-0.4, -0.2) is 0 Å². The van der Waals surface area contributed by atoms with Crippen molar-refractivity contribution >= 4 is 11.4 Å². The van der Waals surface area contributed by atoms with Crippen LogP contribution in [0.1, 0.15) is 11.1 Å². The van der Waals surface area contributed by atoms with Gasteiger partial charge in [-0.1, -0.05) is 36.4 Å². The highest BCUT2D eigenvalue weighted by molar-refractivity contribution is 5.62. The summed E-state index contributed by atoms with van der Waals surface area (Å²) in [4.78, 5) is 0. The third-order valence-electron chi connectivity index (χ3n) is 2.46. The number of rotatable bonds is 2. The second kappa shape index (κ2) is 7.32. The topological polar surface area (TPSA) is 104 Å². The highest BCUT2D eigenvalue weighted by atomic mass is 14.7. The van der Waals surface area contributed by atoms with Crippen LogP contribution in [0.5, 0.6) is 0 Å². The van der Waals surface area contributed by atoms with Crippen molar-refractivity contribution in [3.8, 4) is 0 Å². The minimum atomic E-state index is 0.591. The quantitative estimate of drug-likeness (QED) is 0.600. The first kappa shape index (κ1) is 14.0. The zero-order valence-electron chi connectivity index (χ0n) is 10.3. The Morgan fingerprint density at radius 1 is 0.667 bits per heavy atom. The average molecular weight is 244 g/mol. The van der Waals surface area contributed by atoms with E-state index in [-0.39, 0.29) is 0 Å². The molecule has 0 fully saturated rings. The summed E-state index contributed by atoms with van der Waals surface area (Å²) < 4.78 is 0. The molecule has 0 amide bonds. The number of nitrogens with two attached hydrogens (primary N) is 4. The Balaban J connectivity index is 0.000000184. The van der Waals surface area contributed by atoms with Gasteiger partial charge in [0.1, 0.15) is 0 Å². The molecule has 0 saturated carbocycles. The molecule has 0 radical (unpaired) electrons. The number of anilines is 2. The summed E-state index contributed by atoms with van der Waals surface area (Å²) in [5.74, 6) is 0. The second-order valence-electron chi connectivity index (χ2n) is 3.86. The highest BCUT2D eigenvalue weighted by Crippen LogP contribution is 2.10. The van der Waals surface area contributed by atoms with E-state index in [1.165, 1.54) is 0 Å². The summed E-state index contributed by atoms with van der Waals surface area (Å²) in [6.45, 7) is 1.18. The molecule has 4 heteroatoms. The fraction of sp³-hybridized carbons (Fsp3) is 0.143. The van der Waals surface area contributed by atoms with Crippen molar-refractivity contribution in [2.45, 2.75) is 13.1 Å². The van der Waals surface area contributed by atoms with E-state index in [0.29, 0.717) is 24.5 Å². The minimum Gasteiger partial charge on any atom is -0.397 e. The van der Waals surface area contributed by atoms with Gasteiger partial charge in [-0.25, -0.2) is 0 Å². The molecule has 0 aliphatic rings. The monoisotopic (exact) mass is 244 g/mol. The molecular formula is C14H20N4. The van der Waals surface area contributed by atoms with Crippen molar-refractivity contribution < 1.29 is 0 Å². The van der Waals surface area contributed by atoms with Crippen LogP contribution in [-0.2, 0) is 13.1 Å². The van der Waals surface area contributed by atoms with Gasteiger partial charge in [0.25, 0.3) is 0 Å². The zero-order chi connectivity index (χ0) is 13.4. The molecule has 0 unspecified atom stereocenters. The van der Waals surface area contributed by atoms with Gasteiger partial charge in [0.05, 0.1) is 11.4 Å². The van der Waals surface area contributed by atoms with Crippen LogP contribution in [0, 0.1) is 0 Å². The van der Waals surface area contributed by atoms with Gasteiger partial charge in [-0.3, -0.25) is 0 Å². The van der Waals surface area contributed by atoms with Gasteiger partial charge >= 0.3 is 0 Å². The van der Waals surface area contributed by atoms with Crippen LogP contribution in [0.25, 0.3) is 0 Å². The maximum absolute atomic E-state index is 5.43. The maximum Gasteiger partial charge on any atom is 0.0547 e. The molecule has 4 nitrogen and oxygen atoms in total. The van der Waals surface area contributed by atoms with Crippen LogP contribution in [0.15, 0.2) is 48.5 Å². The molecule has 0 aliphatic heterocycles. The van der Waals surface area contributed by atoms with Crippen molar-refractivity contribution in [2.24, 2.45) is 11.5 Å². The molecule has 0 saturated heterocycles. The standard InChI is InChI=1S/C8H12N2.C6H8N2/c9-5-7-2-1-3-8(4-7)6-10;7-5-3-1-2-4-6(5)8/h1-4H,5-6,9-10H2;1-4H,7-8H2. The Bertz CT molecular complexity index is 442. The van der Waals surface area contributed by atoms with Crippen molar-refractivity contribution in [1.29, 1.82) is 0 Å². The molecule has 0 spiro atoms. The number of hydrogen-bond acceptors (Lipinski definition) is 4. The van der Waals surface area contributed by atoms with Crippen molar-refractivity contribution in [3.05, 3.63) is 59.7 Å². The summed E-state index contributed by atoms with van der Waals surface area (Å²) in [6.07, 6.45) is 0. The van der Waals surface area contributed by atoms with E-state index in [1.807, 2.05) is 36.4 Å². The summed E-state index contributed by atoms with van der Waals surface area (Å²) >= 11 is 0. The Kier molecular flexibility index (Phi) is 5.70. The maximum atomic E-state index is 5.43. The van der Waals surface area contributed by atoms with E-state index in [2.05, 4.69) is 0 Å². The fourth-order valence-corrected chi connectivity index (χ4v) is 1.39. The van der Waals surface area contributed by atoms with Crippen molar-refractivity contribution in [2.75, 3.05) is 11.5 Å². The fourth-order valence-electron chi connectivity index (χ4n) is 1.39. The first-order valence-electron chi connectivity index (χ1n) is 5.75. The van der Waals surface area contributed by atoms with Crippen LogP contribution in [0.3, 0.4) is 0 Å². The lowest BCUT2D eigenvalue weighted by Gasteiger charge is -1.98. The molecule has 8 N–H and O–H groups in total. The third kappa shape index (κ3) is 4.45. The molecule has 0 heterocycles. The van der Waals surface area contributed by atoms with Crippen LogP contribution >= 0.6 is 0 Å². The Morgan fingerprint density at radius 2 is 1.11 bits per heavy atom. The normalized spacial score (nSPS) is 9.44. The van der Waals surface area contributed by atoms with E-state index in [4.69, 9.17) is 22.9 Å². The second-order valence-corrected chi connectivity index (χ2v) is 3.86. The van der Waals surface area contributed by atoms with E-state index >= 15 is 0 Å². The van der Waals surface area contributed by atoms with E-state index < -0.39 is 0 Å². The lowest BCUT2D eigenvalue weighted by molar-refractivity contribution is 1.03. The first-order chi connectivity index (χ1) is 8.67. The molecule has 0 atom stereocenters. The van der Waals surface area contributed by atoms with E-state index in [9.17, 15) is 0 Å². The van der Waals surface area contributed by atoms with Gasteiger partial charge in [-0.2, -0.15) is 0 Å². The Morgan fingerprint density at radius 3 is 1.44 bits per heavy atom. The number of para-hydroxylation sites is 2. The van der Waals surface area contributed by atoms with Gasteiger partial charge in [-0.05, 0) is 23.3 Å². The Labute approximate surface area is 108 Å². The number of benzene rings is 2. The molecule has 2 rings (SSSR count). The highest BCUT2D eigenvalue weighted by Gasteiger charge is 1.89. The smallest absolute Gasteiger partial charge is 0.0547 e. The lowest BCUT2D eigenvalue weighted by atomic mass is 10.1. The number of hydrogen-bond donors (Lipinski definition) is 4. The molecule has 0 aromatic heterocycles. The zero-order valence-corrected chi connectivity index (χ0v) is 10.3. The molecule has 96 valence electrons. The van der Waals surface area contributed by atoms with Gasteiger partial charge in [0.15, 0.2) is 0 Å². The molecule has 0 bridgehead atoms. The van der Waals surface area contributed by atoms with Gasteiger partial charge in [-0.15, -0.1) is 0 Å². The van der Waals surface area contributed by atoms with Gasteiger partial charge < -0.3 is 22.9 Å². The minimum absolute atomic E-state index is 0.591. The summed E-state index contributed by atoms with van der Waals surface area (Å²) in [5, 5.41) is 0. The lowest BCUT2D eigenvalue weighted by Crippen LogP contribution is -2.00. The number of nitrogen functional groups attached to an aromatic ring is 2. The molecular weight excluding hydrogens is 224 g/mol. The van der Waals surface area contributed by atoms with E-state index in [0.717, 1.165) is 11.1 Å². The third-order valence-corrected chi connectivity index (χ3v) is 2.46. The van der Waals surface area contributed by atoms with E-state index in [1.54, 1.807) is 12.1 Å². The van der Waals surface area contributed by atoms with Gasteiger partial charge in [0, 0.05) is 13.1 Å². The largest absolute Gasteiger partial charge is 0.397 e. The van der Waals surface area contributed by atoms with Crippen LogP contribution in [0.2, 0.25) is 0 Å². The summed E-state index contributed by atoms with van der Waals surface area (Å²) in [7, 11) is 0.